The van der Waals surface area contributed by atoms with Gasteiger partial charge in [-0.3, -0.25) is 19.3 Å². The number of nitrogens with zero attached hydrogens (tertiary/aromatic N) is 1. The molecule has 0 bridgehead atoms. The molecule has 0 unspecified atom stereocenters. The summed E-state index contributed by atoms with van der Waals surface area (Å²) in [6, 6.07) is 3.57. The molecule has 1 heterocycles. The molecule has 1 aliphatic heterocycles. The molecule has 1 fully saturated rings. The van der Waals surface area contributed by atoms with Crippen LogP contribution in [0.1, 0.15) is 22.8 Å². The summed E-state index contributed by atoms with van der Waals surface area (Å²) >= 11 is 0.592. The Bertz CT molecular complexity index is 756. The minimum absolute atomic E-state index is 0.0258. The number of rotatable bonds is 5. The first-order valence-electron chi connectivity index (χ1n) is 6.80. The first-order chi connectivity index (χ1) is 11.3. The Morgan fingerprint density at radius 3 is 2.67 bits per heavy atom. The van der Waals surface area contributed by atoms with Crippen molar-refractivity contribution in [3.8, 4) is 5.75 Å². The summed E-state index contributed by atoms with van der Waals surface area (Å²) in [7, 11) is 0. The van der Waals surface area contributed by atoms with E-state index >= 15 is 0 Å². The number of hydrogen-bond donors (Lipinski definition) is 2. The van der Waals surface area contributed by atoms with Gasteiger partial charge in [-0.2, -0.15) is 0 Å². The van der Waals surface area contributed by atoms with Gasteiger partial charge in [0.15, 0.2) is 0 Å². The highest BCUT2D eigenvalue weighted by molar-refractivity contribution is 8.18. The van der Waals surface area contributed by atoms with E-state index in [9.17, 15) is 24.3 Å². The van der Waals surface area contributed by atoms with Gasteiger partial charge in [0, 0.05) is 5.56 Å². The number of aromatic carboxylic acids is 1. The van der Waals surface area contributed by atoms with Crippen LogP contribution in [0.15, 0.2) is 23.1 Å². The standard InChI is InChI=1S/C15H13NO7S/c1-2-23-12(18)7-16-13(19)11(24-15(16)22)6-9-5-8(14(20)21)3-4-10(9)17/h3-6,17H,2,7H2,1H3,(H,20,21)/b11-6-. The maximum Gasteiger partial charge on any atom is 0.335 e. The zero-order chi connectivity index (χ0) is 17.9. The van der Waals surface area contributed by atoms with E-state index in [1.54, 1.807) is 6.92 Å². The summed E-state index contributed by atoms with van der Waals surface area (Å²) in [6.45, 7) is 1.22. The molecule has 0 atom stereocenters. The molecule has 0 radical (unpaired) electrons. The molecule has 24 heavy (non-hydrogen) atoms. The molecule has 1 aliphatic rings. The van der Waals surface area contributed by atoms with Gasteiger partial charge in [0.2, 0.25) is 0 Å². The van der Waals surface area contributed by atoms with Gasteiger partial charge in [-0.1, -0.05) is 0 Å². The van der Waals surface area contributed by atoms with Crippen molar-refractivity contribution >= 4 is 40.9 Å². The summed E-state index contributed by atoms with van der Waals surface area (Å²) in [5.41, 5.74) is 0.00124. The lowest BCUT2D eigenvalue weighted by Gasteiger charge is -2.10. The van der Waals surface area contributed by atoms with Crippen molar-refractivity contribution in [1.82, 2.24) is 4.90 Å². The molecule has 0 saturated carbocycles. The number of esters is 1. The minimum atomic E-state index is -1.19. The van der Waals surface area contributed by atoms with Crippen molar-refractivity contribution in [2.24, 2.45) is 0 Å². The third-order valence-corrected chi connectivity index (χ3v) is 3.93. The Labute approximate surface area is 140 Å². The first kappa shape index (κ1) is 17.5. The number of ether oxygens (including phenoxy) is 1. The fraction of sp³-hybridized carbons (Fsp3) is 0.200. The number of carbonyl (C=O) groups excluding carboxylic acids is 3. The number of imide groups is 1. The fourth-order valence-electron chi connectivity index (χ4n) is 1.92. The van der Waals surface area contributed by atoms with Crippen LogP contribution in [-0.4, -0.2) is 51.3 Å². The average molecular weight is 351 g/mol. The number of carboxylic acid groups (broad SMARTS) is 1. The monoisotopic (exact) mass is 351 g/mol. The number of benzene rings is 1. The number of carboxylic acids is 1. The summed E-state index contributed by atoms with van der Waals surface area (Å²) in [5.74, 6) is -2.85. The van der Waals surface area contributed by atoms with Gasteiger partial charge in [-0.05, 0) is 43.0 Å². The molecule has 126 valence electrons. The second kappa shape index (κ2) is 7.18. The predicted molar refractivity (Wildman–Crippen MR) is 84.4 cm³/mol. The molecule has 2 rings (SSSR count). The third kappa shape index (κ3) is 3.74. The third-order valence-electron chi connectivity index (χ3n) is 3.03. The molecule has 0 spiro atoms. The topological polar surface area (TPSA) is 121 Å². The lowest BCUT2D eigenvalue weighted by Crippen LogP contribution is -2.34. The van der Waals surface area contributed by atoms with Gasteiger partial charge in [0.1, 0.15) is 12.3 Å². The molecule has 1 aromatic carbocycles. The molecular formula is C15H13NO7S. The Balaban J connectivity index is 2.27. The number of hydrogen-bond acceptors (Lipinski definition) is 7. The molecule has 1 aromatic rings. The predicted octanol–water partition coefficient (Wildman–Crippen LogP) is 1.69. The second-order valence-electron chi connectivity index (χ2n) is 4.65. The van der Waals surface area contributed by atoms with E-state index < -0.39 is 29.6 Å². The molecule has 8 nitrogen and oxygen atoms in total. The van der Waals surface area contributed by atoms with Crippen LogP contribution in [0.3, 0.4) is 0 Å². The highest BCUT2D eigenvalue weighted by Crippen LogP contribution is 2.33. The molecule has 1 saturated heterocycles. The van der Waals surface area contributed by atoms with Gasteiger partial charge in [0.05, 0.1) is 17.1 Å². The van der Waals surface area contributed by atoms with Crippen molar-refractivity contribution in [3.05, 3.63) is 34.2 Å². The first-order valence-corrected chi connectivity index (χ1v) is 7.62. The molecule has 9 heteroatoms. The number of phenolic OH excluding ortho intramolecular Hbond substituents is 1. The van der Waals surface area contributed by atoms with E-state index in [4.69, 9.17) is 9.84 Å². The molecular weight excluding hydrogens is 338 g/mol. The quantitative estimate of drug-likeness (QED) is 0.607. The van der Waals surface area contributed by atoms with Crippen LogP contribution < -0.4 is 0 Å². The van der Waals surface area contributed by atoms with Gasteiger partial charge >= 0.3 is 11.9 Å². The van der Waals surface area contributed by atoms with Crippen molar-refractivity contribution in [2.75, 3.05) is 13.2 Å². The van der Waals surface area contributed by atoms with Gasteiger partial charge in [-0.25, -0.2) is 4.79 Å². The van der Waals surface area contributed by atoms with Crippen molar-refractivity contribution in [1.29, 1.82) is 0 Å². The van der Waals surface area contributed by atoms with E-state index in [0.29, 0.717) is 11.8 Å². The SMILES string of the molecule is CCOC(=O)CN1C(=O)S/C(=C\c2cc(C(=O)O)ccc2O)C1=O. The summed E-state index contributed by atoms with van der Waals surface area (Å²) in [4.78, 5) is 47.1. The van der Waals surface area contributed by atoms with Crippen molar-refractivity contribution in [3.63, 3.8) is 0 Å². The van der Waals surface area contributed by atoms with Crippen LogP contribution in [0.4, 0.5) is 4.79 Å². The second-order valence-corrected chi connectivity index (χ2v) is 5.64. The molecule has 0 aliphatic carbocycles. The number of carbonyl (C=O) groups is 4. The smallest absolute Gasteiger partial charge is 0.335 e. The largest absolute Gasteiger partial charge is 0.507 e. The van der Waals surface area contributed by atoms with Crippen LogP contribution in [0.5, 0.6) is 5.75 Å². The highest BCUT2D eigenvalue weighted by atomic mass is 32.2. The lowest BCUT2D eigenvalue weighted by molar-refractivity contribution is -0.145. The summed E-state index contributed by atoms with van der Waals surface area (Å²) < 4.78 is 4.70. The Kier molecular flexibility index (Phi) is 5.24. The molecule has 0 aromatic heterocycles. The van der Waals surface area contributed by atoms with Crippen molar-refractivity contribution < 1.29 is 34.1 Å². The number of thioether (sulfide) groups is 1. The highest BCUT2D eigenvalue weighted by Gasteiger charge is 2.36. The van der Waals surface area contributed by atoms with Gasteiger partial charge in [-0.15, -0.1) is 0 Å². The number of phenols is 1. The van der Waals surface area contributed by atoms with E-state index in [1.807, 2.05) is 0 Å². The van der Waals surface area contributed by atoms with Gasteiger partial charge in [0.25, 0.3) is 11.1 Å². The van der Waals surface area contributed by atoms with Crippen LogP contribution >= 0.6 is 11.8 Å². The van der Waals surface area contributed by atoms with E-state index in [-0.39, 0.29) is 28.4 Å². The van der Waals surface area contributed by atoms with Crippen molar-refractivity contribution in [2.45, 2.75) is 6.92 Å². The zero-order valence-corrected chi connectivity index (χ0v) is 13.3. The average Bonchev–Trinajstić information content (AvgIpc) is 2.77. The zero-order valence-electron chi connectivity index (χ0n) is 12.5. The normalized spacial score (nSPS) is 15.9. The molecule has 2 N–H and O–H groups in total. The van der Waals surface area contributed by atoms with Crippen LogP contribution in [-0.2, 0) is 14.3 Å². The number of amides is 2. The molecule has 2 amide bonds. The Morgan fingerprint density at radius 2 is 2.04 bits per heavy atom. The lowest BCUT2D eigenvalue weighted by atomic mass is 10.1. The van der Waals surface area contributed by atoms with E-state index in [1.165, 1.54) is 24.3 Å². The van der Waals surface area contributed by atoms with Gasteiger partial charge < -0.3 is 14.9 Å². The van der Waals surface area contributed by atoms with Crippen LogP contribution in [0.2, 0.25) is 0 Å². The summed E-state index contributed by atoms with van der Waals surface area (Å²) in [5, 5.41) is 18.1. The summed E-state index contributed by atoms with van der Waals surface area (Å²) in [6.07, 6.45) is 1.21. The maximum absolute atomic E-state index is 12.2. The Morgan fingerprint density at radius 1 is 1.33 bits per heavy atom. The minimum Gasteiger partial charge on any atom is -0.507 e. The van der Waals surface area contributed by atoms with Crippen LogP contribution in [0.25, 0.3) is 6.08 Å². The van der Waals surface area contributed by atoms with E-state index in [0.717, 1.165) is 4.90 Å². The fourth-order valence-corrected chi connectivity index (χ4v) is 2.75. The Hall–Kier alpha value is -2.81. The van der Waals surface area contributed by atoms with E-state index in [2.05, 4.69) is 0 Å². The maximum atomic E-state index is 12.2. The van der Waals surface area contributed by atoms with Crippen LogP contribution in [0, 0.1) is 0 Å². The number of aromatic hydroxyl groups is 1.